The van der Waals surface area contributed by atoms with E-state index < -0.39 is 53.8 Å². The number of hydrogen-bond donors (Lipinski definition) is 1. The van der Waals surface area contributed by atoms with Gasteiger partial charge in [0, 0.05) is 0 Å². The fourth-order valence-electron chi connectivity index (χ4n) is 2.51. The number of nitrogens with zero attached hydrogens (tertiary/aromatic N) is 1. The predicted octanol–water partition coefficient (Wildman–Crippen LogP) is 1.70. The normalized spacial score (nSPS) is 34.2. The number of ether oxygens (including phenoxy) is 1. The first-order valence-corrected chi connectivity index (χ1v) is 9.41. The molecule has 9 nitrogen and oxygen atoms in total. The molecule has 0 spiro atoms. The molecule has 2 aliphatic heterocycles. The third kappa shape index (κ3) is 3.44. The van der Waals surface area contributed by atoms with E-state index in [-0.39, 0.29) is 6.61 Å². The summed E-state index contributed by atoms with van der Waals surface area (Å²) < 4.78 is 45.8. The highest BCUT2D eigenvalue weighted by atomic mass is 35.5. The highest BCUT2D eigenvalue weighted by Gasteiger charge is 2.62. The van der Waals surface area contributed by atoms with E-state index in [0.29, 0.717) is 10.8 Å². The van der Waals surface area contributed by atoms with Crippen LogP contribution in [0.4, 0.5) is 4.39 Å². The minimum absolute atomic E-state index is 0.229. The Morgan fingerprint density at radius 1 is 1.48 bits per heavy atom. The lowest BCUT2D eigenvalue weighted by Gasteiger charge is -2.33. The highest BCUT2D eigenvalue weighted by molar-refractivity contribution is 7.48. The van der Waals surface area contributed by atoms with Gasteiger partial charge in [-0.05, 0) is 13.8 Å². The summed E-state index contributed by atoms with van der Waals surface area (Å²) in [5.74, 6) is -1.23. The lowest BCUT2D eigenvalue weighted by Crippen LogP contribution is -2.44. The summed E-state index contributed by atoms with van der Waals surface area (Å²) in [5.41, 5.74) is -2.18. The van der Waals surface area contributed by atoms with E-state index in [2.05, 4.69) is 0 Å². The van der Waals surface area contributed by atoms with Crippen molar-refractivity contribution in [2.75, 3.05) is 6.61 Å². The van der Waals surface area contributed by atoms with Crippen LogP contribution in [-0.2, 0) is 22.9 Å². The Morgan fingerprint density at radius 2 is 2.16 bits per heavy atom. The predicted molar refractivity (Wildman–Crippen MR) is 84.3 cm³/mol. The molecule has 4 atom stereocenters. The second kappa shape index (κ2) is 6.45. The maximum absolute atomic E-state index is 13.5. The summed E-state index contributed by atoms with van der Waals surface area (Å²) in [4.78, 5) is 24.9. The quantitative estimate of drug-likeness (QED) is 0.587. The maximum atomic E-state index is 13.5. The van der Waals surface area contributed by atoms with Crippen molar-refractivity contribution < 1.29 is 27.3 Å². The number of alkyl halides is 2. The minimum Gasteiger partial charge on any atom is -0.346 e. The number of H-pyrrole nitrogens is 1. The number of hydrogen-bond acceptors (Lipinski definition) is 7. The monoisotopic (exact) mass is 418 g/mol. The first-order valence-electron chi connectivity index (χ1n) is 7.19. The van der Waals surface area contributed by atoms with Gasteiger partial charge in [-0.1, -0.05) is 23.2 Å². The molecule has 0 aromatic carbocycles. The first-order chi connectivity index (χ1) is 11.5. The largest absolute Gasteiger partial charge is 0.475 e. The Balaban J connectivity index is 1.94. The third-order valence-corrected chi connectivity index (χ3v) is 5.94. The standard InChI is InChI=1S/C12H14Cl2FN2O7P/c1-5(2)23-25(20)21-4-7-8(24-25)12(13,14)10(22-7)17-3-6(15)9(18)16-11(17)19/h3,5,7-8,10H,4H2,1-2H3,(H,16,18,19)/t7-,8-,10-,25-/m1/s1. The molecular weight excluding hydrogens is 405 g/mol. The van der Waals surface area contributed by atoms with Crippen molar-refractivity contribution in [2.45, 2.75) is 42.7 Å². The lowest BCUT2D eigenvalue weighted by atomic mass is 10.2. The van der Waals surface area contributed by atoms with Gasteiger partial charge in [0.25, 0.3) is 5.56 Å². The molecule has 3 heterocycles. The molecule has 0 amide bonds. The number of phosphoric acid groups is 1. The van der Waals surface area contributed by atoms with Gasteiger partial charge in [-0.25, -0.2) is 9.36 Å². The molecule has 2 fully saturated rings. The van der Waals surface area contributed by atoms with Crippen LogP contribution in [0.3, 0.4) is 0 Å². The first kappa shape index (κ1) is 19.0. The van der Waals surface area contributed by atoms with Gasteiger partial charge in [0.1, 0.15) is 12.2 Å². The fourth-order valence-corrected chi connectivity index (χ4v) is 4.92. The van der Waals surface area contributed by atoms with Gasteiger partial charge in [0.05, 0.1) is 18.9 Å². The van der Waals surface area contributed by atoms with Crippen LogP contribution in [0.25, 0.3) is 0 Å². The van der Waals surface area contributed by atoms with Gasteiger partial charge < -0.3 is 4.74 Å². The van der Waals surface area contributed by atoms with Crippen molar-refractivity contribution in [1.82, 2.24) is 9.55 Å². The van der Waals surface area contributed by atoms with Crippen LogP contribution in [0.15, 0.2) is 15.8 Å². The molecule has 0 saturated carbocycles. The van der Waals surface area contributed by atoms with E-state index >= 15 is 0 Å². The fraction of sp³-hybridized carbons (Fsp3) is 0.667. The Hall–Kier alpha value is -0.740. The summed E-state index contributed by atoms with van der Waals surface area (Å²) in [7, 11) is -3.93. The van der Waals surface area contributed by atoms with Crippen molar-refractivity contribution in [3.63, 3.8) is 0 Å². The molecule has 2 aliphatic rings. The van der Waals surface area contributed by atoms with Crippen LogP contribution in [-0.4, -0.2) is 38.8 Å². The molecule has 1 N–H and O–H groups in total. The van der Waals surface area contributed by atoms with E-state index in [4.69, 9.17) is 41.5 Å². The maximum Gasteiger partial charge on any atom is 0.475 e. The van der Waals surface area contributed by atoms with E-state index in [9.17, 15) is 18.5 Å². The molecule has 0 unspecified atom stereocenters. The zero-order valence-electron chi connectivity index (χ0n) is 13.0. The highest BCUT2D eigenvalue weighted by Crippen LogP contribution is 2.61. The lowest BCUT2D eigenvalue weighted by molar-refractivity contribution is -0.0750. The molecule has 0 aliphatic carbocycles. The van der Waals surface area contributed by atoms with Crippen LogP contribution in [0, 0.1) is 5.82 Å². The van der Waals surface area contributed by atoms with Crippen LogP contribution < -0.4 is 11.2 Å². The Labute approximate surface area is 150 Å². The van der Waals surface area contributed by atoms with Gasteiger partial charge in [-0.15, -0.1) is 0 Å². The van der Waals surface area contributed by atoms with Crippen LogP contribution in [0.2, 0.25) is 0 Å². The molecule has 13 heteroatoms. The van der Waals surface area contributed by atoms with Crippen molar-refractivity contribution >= 4 is 31.0 Å². The molecular formula is C12H14Cl2FN2O7P. The summed E-state index contributed by atoms with van der Waals surface area (Å²) in [6.45, 7) is 3.03. The molecule has 2 saturated heterocycles. The van der Waals surface area contributed by atoms with Crippen molar-refractivity contribution in [2.24, 2.45) is 0 Å². The van der Waals surface area contributed by atoms with Gasteiger partial charge in [0.2, 0.25) is 5.82 Å². The summed E-state index contributed by atoms with van der Waals surface area (Å²) in [6.07, 6.45) is -3.33. The Kier molecular flexibility index (Phi) is 4.91. The minimum atomic E-state index is -3.93. The molecule has 3 rings (SSSR count). The summed E-state index contributed by atoms with van der Waals surface area (Å²) >= 11 is 12.6. The SMILES string of the molecule is CC(C)O[P@@]1(=O)OC[C@H]2O[C@@H](n3cc(F)c(=O)[nH]c3=O)C(Cl)(Cl)[C@@H]2O1. The number of aromatic amines is 1. The molecule has 1 aromatic rings. The van der Waals surface area contributed by atoms with E-state index in [0.717, 1.165) is 0 Å². The number of halogens is 3. The number of nitrogens with one attached hydrogen (secondary N) is 1. The van der Waals surface area contributed by atoms with E-state index in [1.165, 1.54) is 0 Å². The zero-order valence-corrected chi connectivity index (χ0v) is 15.4. The van der Waals surface area contributed by atoms with Gasteiger partial charge in [-0.3, -0.25) is 27.9 Å². The molecule has 1 aromatic heterocycles. The summed E-state index contributed by atoms with van der Waals surface area (Å²) in [5, 5.41) is 0. The number of phosphoric ester groups is 1. The number of aromatic nitrogens is 2. The third-order valence-electron chi connectivity index (χ3n) is 3.51. The topological polar surface area (TPSA) is 109 Å². The number of rotatable bonds is 3. The van der Waals surface area contributed by atoms with Gasteiger partial charge in [-0.2, -0.15) is 4.39 Å². The Morgan fingerprint density at radius 3 is 2.80 bits per heavy atom. The van der Waals surface area contributed by atoms with Crippen LogP contribution >= 0.6 is 31.0 Å². The molecule has 25 heavy (non-hydrogen) atoms. The summed E-state index contributed by atoms with van der Waals surface area (Å²) in [6, 6.07) is 0. The second-order valence-electron chi connectivity index (χ2n) is 5.77. The zero-order chi connectivity index (χ0) is 18.6. The second-order valence-corrected chi connectivity index (χ2v) is 8.79. The average molecular weight is 419 g/mol. The molecule has 0 bridgehead atoms. The van der Waals surface area contributed by atoms with Crippen molar-refractivity contribution in [3.05, 3.63) is 32.9 Å². The van der Waals surface area contributed by atoms with E-state index in [1.54, 1.807) is 18.8 Å². The molecule has 0 radical (unpaired) electrons. The van der Waals surface area contributed by atoms with Gasteiger partial charge >= 0.3 is 13.5 Å². The average Bonchev–Trinajstić information content (AvgIpc) is 2.73. The van der Waals surface area contributed by atoms with Crippen LogP contribution in [0.1, 0.15) is 20.1 Å². The molecule has 140 valence electrons. The number of fused-ring (bicyclic) bond motifs is 1. The van der Waals surface area contributed by atoms with Crippen molar-refractivity contribution in [3.8, 4) is 0 Å². The van der Waals surface area contributed by atoms with Crippen molar-refractivity contribution in [1.29, 1.82) is 0 Å². The van der Waals surface area contributed by atoms with E-state index in [1.807, 2.05) is 0 Å². The van der Waals surface area contributed by atoms with Crippen LogP contribution in [0.5, 0.6) is 0 Å². The Bertz CT molecular complexity index is 841. The van der Waals surface area contributed by atoms with Gasteiger partial charge in [0.15, 0.2) is 10.6 Å². The smallest absolute Gasteiger partial charge is 0.346 e.